The van der Waals surface area contributed by atoms with Crippen LogP contribution in [0.15, 0.2) is 47.4 Å². The molecule has 4 rings (SSSR count). The van der Waals surface area contributed by atoms with Crippen LogP contribution in [-0.4, -0.2) is 59.2 Å². The first kappa shape index (κ1) is 18.8. The number of aromatic nitrogens is 3. The first-order valence-electron chi connectivity index (χ1n) is 8.71. The van der Waals surface area contributed by atoms with Crippen molar-refractivity contribution in [3.63, 3.8) is 0 Å². The van der Waals surface area contributed by atoms with Crippen LogP contribution < -0.4 is 5.14 Å². The summed E-state index contributed by atoms with van der Waals surface area (Å²) < 4.78 is 37.5. The van der Waals surface area contributed by atoms with Crippen molar-refractivity contribution in [2.75, 3.05) is 13.1 Å². The predicted octanol–water partition coefficient (Wildman–Crippen LogP) is 1.23. The number of sulfonamides is 1. The molecule has 1 fully saturated rings. The molecule has 1 aromatic heterocycles. The van der Waals surface area contributed by atoms with E-state index in [1.807, 2.05) is 29.2 Å². The molecular weight excluding hydrogens is 385 g/mol. The zero-order chi connectivity index (χ0) is 19.9. The first-order chi connectivity index (χ1) is 13.3. The summed E-state index contributed by atoms with van der Waals surface area (Å²) in [4.78, 5) is 1.85. The van der Waals surface area contributed by atoms with Gasteiger partial charge in [0.2, 0.25) is 10.0 Å². The zero-order valence-corrected chi connectivity index (χ0v) is 15.7. The number of aromatic amines is 2. The molecule has 2 unspecified atom stereocenters. The van der Waals surface area contributed by atoms with Crippen LogP contribution in [0.5, 0.6) is 0 Å². The average Bonchev–Trinajstić information content (AvgIpc) is 2.91. The molecule has 0 saturated carbocycles. The van der Waals surface area contributed by atoms with Crippen LogP contribution in [0, 0.1) is 0 Å². The lowest BCUT2D eigenvalue weighted by Crippen LogP contribution is -2.21. The van der Waals surface area contributed by atoms with Gasteiger partial charge in [-0.3, -0.25) is 10.00 Å². The number of benzene rings is 2. The molecule has 1 aliphatic rings. The van der Waals surface area contributed by atoms with Gasteiger partial charge in [-0.1, -0.05) is 36.4 Å². The number of halogens is 1. The van der Waals surface area contributed by atoms with Crippen LogP contribution in [0.3, 0.4) is 0 Å². The number of H-pyrrole nitrogens is 2. The fourth-order valence-corrected chi connectivity index (χ4v) is 4.24. The fraction of sp³-hybridized carbons (Fsp3) is 0.278. The highest BCUT2D eigenvalue weighted by Crippen LogP contribution is 2.35. The van der Waals surface area contributed by atoms with Crippen LogP contribution in [0.2, 0.25) is 0 Å². The van der Waals surface area contributed by atoms with E-state index in [1.54, 1.807) is 12.1 Å². The quantitative estimate of drug-likeness (QED) is 0.508. The third-order valence-electron chi connectivity index (χ3n) is 4.88. The molecule has 0 aliphatic carbocycles. The number of nitrogens with zero attached hydrogens (tertiary/aromatic N) is 2. The van der Waals surface area contributed by atoms with Gasteiger partial charge in [-0.05, 0) is 22.8 Å². The number of likely N-dealkylation sites (tertiary alicyclic amines) is 1. The first-order valence-corrected chi connectivity index (χ1v) is 10.3. The van der Waals surface area contributed by atoms with Gasteiger partial charge in [0.25, 0.3) is 0 Å². The van der Waals surface area contributed by atoms with Crippen LogP contribution in [0.1, 0.15) is 5.56 Å². The Morgan fingerprint density at radius 3 is 2.46 bits per heavy atom. The summed E-state index contributed by atoms with van der Waals surface area (Å²) >= 11 is 0. The maximum Gasteiger partial charge on any atom is 0.238 e. The van der Waals surface area contributed by atoms with Gasteiger partial charge in [0.15, 0.2) is 5.82 Å². The molecule has 5 N–H and O–H groups in total. The maximum atomic E-state index is 13.5. The Labute approximate surface area is 161 Å². The number of aliphatic hydroxyl groups excluding tert-OH is 1. The van der Waals surface area contributed by atoms with Crippen LogP contribution in [0.4, 0.5) is 4.39 Å². The number of rotatable bonds is 5. The Balaban J connectivity index is 1.65. The number of β-amino-alcohol motifs (C(OH)–C–C–N with tert-alkyl or cyclic N) is 1. The highest BCUT2D eigenvalue weighted by atomic mass is 32.2. The normalized spacial score (nSPS) is 20.7. The van der Waals surface area contributed by atoms with Gasteiger partial charge in [0, 0.05) is 25.2 Å². The summed E-state index contributed by atoms with van der Waals surface area (Å²) in [7, 11) is -3.93. The van der Waals surface area contributed by atoms with E-state index in [-0.39, 0.29) is 11.4 Å². The molecule has 1 aliphatic heterocycles. The van der Waals surface area contributed by atoms with Crippen LogP contribution in [-0.2, 0) is 16.6 Å². The highest BCUT2D eigenvalue weighted by Gasteiger charge is 2.30. The molecule has 1 saturated heterocycles. The van der Waals surface area contributed by atoms with E-state index in [0.717, 1.165) is 11.1 Å². The van der Waals surface area contributed by atoms with Crippen molar-refractivity contribution in [2.24, 2.45) is 5.14 Å². The molecule has 2 aromatic carbocycles. The van der Waals surface area contributed by atoms with E-state index < -0.39 is 22.3 Å². The lowest BCUT2D eigenvalue weighted by atomic mass is 9.98. The number of nitrogens with one attached hydrogen (secondary N) is 2. The Morgan fingerprint density at radius 1 is 1.21 bits per heavy atom. The lowest BCUT2D eigenvalue weighted by Gasteiger charge is -2.16. The van der Waals surface area contributed by atoms with Crippen molar-refractivity contribution in [1.82, 2.24) is 20.3 Å². The van der Waals surface area contributed by atoms with Crippen molar-refractivity contribution in [1.29, 1.82) is 0 Å². The summed E-state index contributed by atoms with van der Waals surface area (Å²) in [6.45, 7) is 1.05. The summed E-state index contributed by atoms with van der Waals surface area (Å²) in [6, 6.07) is 12.4. The third kappa shape index (κ3) is 3.59. The Morgan fingerprint density at radius 2 is 1.93 bits per heavy atom. The fourth-order valence-electron chi connectivity index (χ4n) is 3.48. The minimum Gasteiger partial charge on any atom is -0.389 e. The number of primary sulfonamides is 1. The topological polar surface area (TPSA) is 128 Å². The summed E-state index contributed by atoms with van der Waals surface area (Å²) in [6.07, 6.45) is -2.15. The monoisotopic (exact) mass is 405 g/mol. The zero-order valence-electron chi connectivity index (χ0n) is 14.8. The van der Waals surface area contributed by atoms with Gasteiger partial charge in [-0.25, -0.2) is 23.2 Å². The average molecular weight is 405 g/mol. The van der Waals surface area contributed by atoms with E-state index in [4.69, 9.17) is 5.14 Å². The summed E-state index contributed by atoms with van der Waals surface area (Å²) in [5.41, 5.74) is 2.84. The molecule has 10 heteroatoms. The number of alkyl halides is 1. The molecule has 28 heavy (non-hydrogen) atoms. The minimum absolute atomic E-state index is 0.0122. The molecule has 148 valence electrons. The Hall–Kier alpha value is -2.53. The van der Waals surface area contributed by atoms with Gasteiger partial charge in [-0.2, -0.15) is 0 Å². The number of hydrogen-bond donors (Lipinski definition) is 4. The molecule has 8 nitrogen and oxygen atoms in total. The molecule has 3 aromatic rings. The van der Waals surface area contributed by atoms with Gasteiger partial charge < -0.3 is 5.11 Å². The van der Waals surface area contributed by atoms with Gasteiger partial charge in [0.05, 0.1) is 11.0 Å². The minimum atomic E-state index is -3.93. The van der Waals surface area contributed by atoms with Crippen molar-refractivity contribution in [2.45, 2.75) is 23.7 Å². The smallest absolute Gasteiger partial charge is 0.238 e. The summed E-state index contributed by atoms with van der Waals surface area (Å²) in [5, 5.41) is 24.2. The second-order valence-electron chi connectivity index (χ2n) is 6.90. The van der Waals surface area contributed by atoms with E-state index >= 15 is 0 Å². The van der Waals surface area contributed by atoms with E-state index in [1.165, 1.54) is 6.07 Å². The molecule has 0 bridgehead atoms. The Kier molecular flexibility index (Phi) is 4.79. The van der Waals surface area contributed by atoms with Gasteiger partial charge in [-0.15, -0.1) is 5.10 Å². The highest BCUT2D eigenvalue weighted by molar-refractivity contribution is 7.89. The van der Waals surface area contributed by atoms with Crippen molar-refractivity contribution in [3.8, 4) is 22.5 Å². The van der Waals surface area contributed by atoms with Crippen molar-refractivity contribution in [3.05, 3.63) is 48.0 Å². The Bertz CT molecular complexity index is 1060. The molecule has 0 amide bonds. The van der Waals surface area contributed by atoms with Gasteiger partial charge in [0.1, 0.15) is 6.17 Å². The second-order valence-corrected chi connectivity index (χ2v) is 8.43. The molecule has 2 heterocycles. The largest absolute Gasteiger partial charge is 0.389 e. The lowest BCUT2D eigenvalue weighted by molar-refractivity contribution is 0.115. The van der Waals surface area contributed by atoms with Gasteiger partial charge >= 0.3 is 0 Å². The SMILES string of the molecule is NS(=O)(=O)c1cccc(-c2ccc(CN3CC(O)C(F)C3)cc2)c1-c1n[nH][nH]1. The van der Waals surface area contributed by atoms with Crippen molar-refractivity contribution >= 4 is 10.0 Å². The van der Waals surface area contributed by atoms with Crippen LogP contribution >= 0.6 is 0 Å². The molecule has 0 radical (unpaired) electrons. The third-order valence-corrected chi connectivity index (χ3v) is 5.83. The van der Waals surface area contributed by atoms with Crippen molar-refractivity contribution < 1.29 is 17.9 Å². The molecule has 0 spiro atoms. The summed E-state index contributed by atoms with van der Waals surface area (Å²) in [5.74, 6) is 0.392. The number of nitrogens with two attached hydrogens (primary N) is 1. The number of aliphatic hydroxyl groups is 1. The standard InChI is InChI=1S/C18H20FN5O3S/c19-14-9-24(10-15(14)25)8-11-4-6-12(7-5-11)13-2-1-3-16(28(20,26)27)17(13)18-21-23-22-18/h1-7,14-15,23,25H,8-10H2,(H,21,22)(H2,20,26,27). The molecular formula is C18H20FN5O3S. The predicted molar refractivity (Wildman–Crippen MR) is 101 cm³/mol. The maximum absolute atomic E-state index is 13.5. The van der Waals surface area contributed by atoms with E-state index in [2.05, 4.69) is 15.4 Å². The van der Waals surface area contributed by atoms with Crippen LogP contribution in [0.25, 0.3) is 22.5 Å². The molecule has 2 atom stereocenters. The van der Waals surface area contributed by atoms with E-state index in [0.29, 0.717) is 30.0 Å². The number of hydrogen-bond acceptors (Lipinski definition) is 5. The second kappa shape index (κ2) is 7.13. The van der Waals surface area contributed by atoms with E-state index in [9.17, 15) is 17.9 Å².